The van der Waals surface area contributed by atoms with Crippen molar-refractivity contribution < 1.29 is 23.0 Å². The Balaban J connectivity index is 1.85. The highest BCUT2D eigenvalue weighted by atomic mass is 16.6. The molecule has 0 aromatic heterocycles. The molecule has 146 valence electrons. The van der Waals surface area contributed by atoms with E-state index in [9.17, 15) is 11.4 Å². The summed E-state index contributed by atoms with van der Waals surface area (Å²) in [7, 11) is 0. The van der Waals surface area contributed by atoms with E-state index < -0.39 is 47.4 Å². The van der Waals surface area contributed by atoms with E-state index in [1.165, 1.54) is 6.92 Å². The highest BCUT2D eigenvalue weighted by Gasteiger charge is 2.65. The van der Waals surface area contributed by atoms with Gasteiger partial charge in [0.15, 0.2) is 5.60 Å². The van der Waals surface area contributed by atoms with Crippen LogP contribution >= 0.6 is 0 Å². The molecular weight excluding hydrogens is 338 g/mol. The fourth-order valence-electron chi connectivity index (χ4n) is 6.45. The molecule has 6 atom stereocenters. The molecule has 0 saturated heterocycles. The Morgan fingerprint density at radius 3 is 2.93 bits per heavy atom. The minimum Gasteiger partial charge on any atom is -0.445 e. The van der Waals surface area contributed by atoms with Crippen LogP contribution in [0.3, 0.4) is 0 Å². The van der Waals surface area contributed by atoms with Gasteiger partial charge >= 0.3 is 5.97 Å². The van der Waals surface area contributed by atoms with Crippen LogP contribution in [0, 0.1) is 41.4 Å². The molecule has 3 saturated carbocycles. The molecule has 4 heteroatoms. The van der Waals surface area contributed by atoms with Crippen LogP contribution < -0.4 is 0 Å². The summed E-state index contributed by atoms with van der Waals surface area (Å²) in [6.07, 6.45) is 4.27. The van der Waals surface area contributed by atoms with Crippen molar-refractivity contribution in [2.45, 2.75) is 77.1 Å². The second kappa shape index (κ2) is 6.69. The molecular formula is C23H31NO3. The monoisotopic (exact) mass is 375 g/mol. The Bertz CT molecular complexity index is 987. The molecule has 0 spiro atoms. The maximum absolute atomic E-state index is 12.0. The van der Waals surface area contributed by atoms with Crippen LogP contribution in [-0.4, -0.2) is 22.5 Å². The molecule has 3 fully saturated rings. The summed E-state index contributed by atoms with van der Waals surface area (Å²) in [6, 6.07) is -0.496. The number of nitrogens with zero attached hydrogens (tertiary/aromatic N) is 1. The van der Waals surface area contributed by atoms with E-state index >= 15 is 0 Å². The largest absolute Gasteiger partial charge is 0.445 e. The van der Waals surface area contributed by atoms with E-state index in [0.29, 0.717) is 32.1 Å². The maximum Gasteiger partial charge on any atom is 0.304 e. The quantitative estimate of drug-likeness (QED) is 0.329. The third-order valence-corrected chi connectivity index (χ3v) is 7.51. The third-order valence-electron chi connectivity index (χ3n) is 7.51. The molecule has 4 aliphatic rings. The highest BCUT2D eigenvalue weighted by Crippen LogP contribution is 2.67. The van der Waals surface area contributed by atoms with E-state index in [0.717, 1.165) is 0 Å². The van der Waals surface area contributed by atoms with Crippen LogP contribution in [0.4, 0.5) is 0 Å². The Morgan fingerprint density at radius 2 is 2.26 bits per heavy atom. The van der Waals surface area contributed by atoms with Crippen molar-refractivity contribution in [3.63, 3.8) is 0 Å². The second-order valence-corrected chi connectivity index (χ2v) is 8.24. The predicted molar refractivity (Wildman–Crippen MR) is 104 cm³/mol. The lowest BCUT2D eigenvalue weighted by molar-refractivity contribution is -0.170. The number of allylic oxidation sites excluding steroid dienone is 2. The zero-order valence-electron chi connectivity index (χ0n) is 22.0. The lowest BCUT2D eigenvalue weighted by Gasteiger charge is -2.56. The van der Waals surface area contributed by atoms with Gasteiger partial charge in [-0.2, -0.15) is 0 Å². The van der Waals surface area contributed by atoms with Gasteiger partial charge in [0.1, 0.15) is 0 Å². The second-order valence-electron chi connectivity index (χ2n) is 8.24. The Hall–Kier alpha value is -1.76. The number of fused-ring (bicyclic) bond motifs is 5. The van der Waals surface area contributed by atoms with Gasteiger partial charge in [-0.15, -0.1) is 6.42 Å². The van der Waals surface area contributed by atoms with E-state index in [4.69, 9.17) is 18.0 Å². The van der Waals surface area contributed by atoms with Gasteiger partial charge in [-0.3, -0.25) is 4.79 Å². The molecule has 0 heterocycles. The molecule has 4 rings (SSSR count). The molecule has 0 aromatic carbocycles. The molecule has 4 aliphatic carbocycles. The first kappa shape index (κ1) is 12.6. The number of terminal acetylenes is 1. The first-order valence-electron chi connectivity index (χ1n) is 12.9. The molecule has 4 nitrogen and oxygen atoms in total. The highest BCUT2D eigenvalue weighted by molar-refractivity contribution is 5.96. The van der Waals surface area contributed by atoms with Crippen molar-refractivity contribution in [2.75, 3.05) is 0 Å². The first-order valence-corrected chi connectivity index (χ1v) is 9.87. The zero-order valence-corrected chi connectivity index (χ0v) is 16.0. The summed E-state index contributed by atoms with van der Waals surface area (Å²) in [4.78, 5) is 12.0. The number of oxime groups is 1. The number of rotatable bonds is 2. The van der Waals surface area contributed by atoms with Crippen LogP contribution in [-0.2, 0) is 9.53 Å². The molecule has 27 heavy (non-hydrogen) atoms. The molecule has 0 amide bonds. The van der Waals surface area contributed by atoms with Crippen molar-refractivity contribution in [2.24, 2.45) is 34.2 Å². The predicted octanol–water partition coefficient (Wildman–Crippen LogP) is 4.71. The van der Waals surface area contributed by atoms with Crippen LogP contribution in [0.15, 0.2) is 16.8 Å². The van der Waals surface area contributed by atoms with E-state index in [1.807, 2.05) is 6.92 Å². The van der Waals surface area contributed by atoms with Crippen molar-refractivity contribution in [1.82, 2.24) is 0 Å². The van der Waals surface area contributed by atoms with Crippen LogP contribution in [0.25, 0.3) is 0 Å². The summed E-state index contributed by atoms with van der Waals surface area (Å²) < 4.78 is 58.1. The summed E-state index contributed by atoms with van der Waals surface area (Å²) in [5.41, 5.74) is -2.19. The van der Waals surface area contributed by atoms with Gasteiger partial charge in [-0.1, -0.05) is 23.6 Å². The number of ether oxygens (including phenoxy) is 1. The number of carbonyl (C=O) groups is 1. The minimum atomic E-state index is -2.22. The zero-order chi connectivity index (χ0) is 24.6. The van der Waals surface area contributed by atoms with Gasteiger partial charge in [0.05, 0.1) is 7.08 Å². The Morgan fingerprint density at radius 1 is 1.44 bits per heavy atom. The molecule has 0 unspecified atom stereocenters. The molecule has 0 radical (unpaired) electrons. The van der Waals surface area contributed by atoms with Gasteiger partial charge < -0.3 is 9.94 Å². The standard InChI is InChI=1S/C23H31NO3/c1-4-22-12-10-19-18-9-7-17(24-26)14-16(18)6-8-20(19)21(22)11-13-23(22,5-2)27-15(3)25/h2,14,18-21,26H,4,6-13H2,1,3H3/b24-17+/t18-,19+,20+,21-,22-,23-/m0/s1/i6D2,7D2,14D,18D. The molecule has 0 bridgehead atoms. The van der Waals surface area contributed by atoms with Gasteiger partial charge in [0, 0.05) is 19.2 Å². The Labute approximate surface area is 170 Å². The van der Waals surface area contributed by atoms with Gasteiger partial charge in [-0.05, 0) is 87.4 Å². The average Bonchev–Trinajstić information content (AvgIpc) is 3.01. The van der Waals surface area contributed by atoms with Crippen LogP contribution in [0.5, 0.6) is 0 Å². The SMILES string of the molecule is [2H]C1=C2C([2H])([2H])C[C@H]3[C@@H]4CC[C@](C#C)(OC(C)=O)[C@@]4(CC)CC[C@@H]3[C@@]2([2H])CC([2H])([2H])/C1=N\O. The average molecular weight is 376 g/mol. The van der Waals surface area contributed by atoms with Crippen LogP contribution in [0.1, 0.15) is 79.8 Å². The topological polar surface area (TPSA) is 58.9 Å². The summed E-state index contributed by atoms with van der Waals surface area (Å²) in [5.74, 6) is -0.0102. The third kappa shape index (κ3) is 2.57. The van der Waals surface area contributed by atoms with E-state index in [-0.39, 0.29) is 36.2 Å². The van der Waals surface area contributed by atoms with Gasteiger partial charge in [0.2, 0.25) is 0 Å². The Kier molecular flexibility index (Phi) is 3.13. The number of hydrogen-bond donors (Lipinski definition) is 1. The number of carbonyl (C=O) groups excluding carboxylic acids is 1. The summed E-state index contributed by atoms with van der Waals surface area (Å²) >= 11 is 0. The van der Waals surface area contributed by atoms with Gasteiger partial charge in [-0.25, -0.2) is 0 Å². The summed E-state index contributed by atoms with van der Waals surface area (Å²) in [5, 5.41) is 12.4. The normalized spacial score (nSPS) is 54.6. The fraction of sp³-hybridized carbons (Fsp3) is 0.739. The number of esters is 1. The lowest BCUT2D eigenvalue weighted by atomic mass is 9.49. The molecule has 0 aliphatic heterocycles. The smallest absolute Gasteiger partial charge is 0.304 e. The molecule has 1 N–H and O–H groups in total. The maximum atomic E-state index is 12.0. The summed E-state index contributed by atoms with van der Waals surface area (Å²) in [6.45, 7) is 3.36. The van der Waals surface area contributed by atoms with Crippen LogP contribution in [0.2, 0.25) is 0 Å². The fourth-order valence-corrected chi connectivity index (χ4v) is 6.45. The van der Waals surface area contributed by atoms with Gasteiger partial charge in [0.25, 0.3) is 0 Å². The van der Waals surface area contributed by atoms with Crippen molar-refractivity contribution in [3.8, 4) is 12.3 Å². The van der Waals surface area contributed by atoms with Crippen molar-refractivity contribution in [1.29, 1.82) is 0 Å². The lowest BCUT2D eigenvalue weighted by Crippen LogP contribution is -2.55. The minimum absolute atomic E-state index is 0.0743. The first-order chi connectivity index (χ1) is 15.2. The van der Waals surface area contributed by atoms with E-state index in [2.05, 4.69) is 11.1 Å². The molecule has 0 aromatic rings. The number of hydrogen-bond acceptors (Lipinski definition) is 4. The van der Waals surface area contributed by atoms with Crippen molar-refractivity contribution >= 4 is 11.7 Å². The van der Waals surface area contributed by atoms with E-state index in [1.54, 1.807) is 0 Å². The van der Waals surface area contributed by atoms with Crippen molar-refractivity contribution in [3.05, 3.63) is 11.6 Å².